The molecule has 1 aliphatic heterocycles. The molecule has 0 bridgehead atoms. The van der Waals surface area contributed by atoms with Crippen LogP contribution in [0.25, 0.3) is 0 Å². The van der Waals surface area contributed by atoms with E-state index in [1.54, 1.807) is 0 Å². The maximum atomic E-state index is 11.6. The van der Waals surface area contributed by atoms with Crippen molar-refractivity contribution in [1.29, 1.82) is 0 Å². The second-order valence-electron chi connectivity index (χ2n) is 3.49. The first-order chi connectivity index (χ1) is 7.23. The summed E-state index contributed by atoms with van der Waals surface area (Å²) in [6.07, 6.45) is 0.188. The van der Waals surface area contributed by atoms with E-state index in [0.717, 1.165) is 0 Å². The first-order valence-corrected chi connectivity index (χ1v) is 8.27. The third kappa shape index (κ3) is 3.85. The summed E-state index contributed by atoms with van der Waals surface area (Å²) in [4.78, 5) is 2.02. The van der Waals surface area contributed by atoms with Crippen molar-refractivity contribution in [1.82, 2.24) is 10.3 Å². The van der Waals surface area contributed by atoms with E-state index in [2.05, 4.69) is 17.6 Å². The van der Waals surface area contributed by atoms with Gasteiger partial charge in [-0.15, -0.1) is 4.83 Å². The van der Waals surface area contributed by atoms with Gasteiger partial charge in [0.1, 0.15) is 9.84 Å². The number of nitrogens with two attached hydrogens (primary N) is 1. The Hall–Kier alpha value is -0.450. The predicted octanol–water partition coefficient (Wildman–Crippen LogP) is -1.77. The molecule has 1 aliphatic rings. The van der Waals surface area contributed by atoms with Gasteiger partial charge in [0.2, 0.25) is 10.0 Å². The second-order valence-corrected chi connectivity index (χ2v) is 8.19. The molecule has 0 atom stereocenters. The number of rotatable bonds is 3. The van der Waals surface area contributed by atoms with Crippen LogP contribution in [-0.2, 0) is 19.9 Å². The van der Waals surface area contributed by atoms with Crippen molar-refractivity contribution in [2.75, 3.05) is 11.5 Å². The number of hydrazine groups is 1. The van der Waals surface area contributed by atoms with E-state index in [-0.39, 0.29) is 29.5 Å². The van der Waals surface area contributed by atoms with Crippen LogP contribution in [0.3, 0.4) is 0 Å². The van der Waals surface area contributed by atoms with Gasteiger partial charge in [-0.3, -0.25) is 5.43 Å². The quantitative estimate of drug-likeness (QED) is 0.415. The Balaban J connectivity index is 2.62. The highest BCUT2D eigenvalue weighted by atomic mass is 32.2. The molecule has 1 heterocycles. The molecule has 0 unspecified atom stereocenters. The van der Waals surface area contributed by atoms with E-state index < -0.39 is 25.1 Å². The number of hydrogen-bond donors (Lipinski definition) is 3. The molecule has 0 radical (unpaired) electrons. The van der Waals surface area contributed by atoms with Crippen LogP contribution in [0.5, 0.6) is 0 Å². The summed E-state index contributed by atoms with van der Waals surface area (Å²) in [6, 6.07) is 0. The molecular weight excluding hydrogens is 274 g/mol. The normalized spacial score (nSPS) is 21.5. The van der Waals surface area contributed by atoms with Crippen LogP contribution in [0.4, 0.5) is 0 Å². The lowest BCUT2D eigenvalue weighted by Gasteiger charge is -2.22. The number of hydrogen-bond acceptors (Lipinski definition) is 5. The van der Waals surface area contributed by atoms with Crippen LogP contribution < -0.4 is 16.0 Å². The van der Waals surface area contributed by atoms with E-state index in [1.165, 1.54) is 0 Å². The van der Waals surface area contributed by atoms with E-state index in [9.17, 15) is 16.8 Å². The topological polar surface area (TPSA) is 118 Å². The molecule has 1 rings (SSSR count). The van der Waals surface area contributed by atoms with Gasteiger partial charge in [0, 0.05) is 0 Å². The fourth-order valence-electron chi connectivity index (χ4n) is 1.38. The fourth-order valence-corrected chi connectivity index (χ4v) is 4.56. The predicted molar refractivity (Wildman–Crippen MR) is 63.7 cm³/mol. The smallest absolute Gasteiger partial charge is 0.231 e. The third-order valence-corrected chi connectivity index (χ3v) is 5.81. The van der Waals surface area contributed by atoms with Crippen molar-refractivity contribution in [3.8, 4) is 0 Å². The standard InChI is InChI=1S/C6H13N3O4S3/c7-6(14)8-9-16(12,13)5-1-3-15(10,11)4-2-5/h5,9H,1-4H2,(H3,7,8,14). The minimum atomic E-state index is -3.62. The molecule has 0 aromatic carbocycles. The van der Waals surface area contributed by atoms with Crippen LogP contribution in [0.2, 0.25) is 0 Å². The van der Waals surface area contributed by atoms with Gasteiger partial charge < -0.3 is 5.73 Å². The number of sulfone groups is 1. The Bertz CT molecular complexity index is 455. The van der Waals surface area contributed by atoms with Gasteiger partial charge in [-0.05, 0) is 25.1 Å². The molecule has 0 spiro atoms. The van der Waals surface area contributed by atoms with Crippen LogP contribution in [0.1, 0.15) is 12.8 Å². The summed E-state index contributed by atoms with van der Waals surface area (Å²) in [5, 5.41) is -0.912. The molecule has 7 nitrogen and oxygen atoms in total. The minimum absolute atomic E-state index is 0.0939. The highest BCUT2D eigenvalue weighted by Crippen LogP contribution is 2.18. The molecule has 10 heteroatoms. The van der Waals surface area contributed by atoms with Crippen LogP contribution in [-0.4, -0.2) is 38.7 Å². The number of thiocarbonyl (C=S) groups is 1. The van der Waals surface area contributed by atoms with Crippen LogP contribution >= 0.6 is 12.2 Å². The molecule has 0 amide bonds. The van der Waals surface area contributed by atoms with Crippen molar-refractivity contribution in [2.45, 2.75) is 18.1 Å². The number of nitrogens with one attached hydrogen (secondary N) is 2. The lowest BCUT2D eigenvalue weighted by atomic mass is 10.2. The number of sulfonamides is 1. The van der Waals surface area contributed by atoms with Gasteiger partial charge in [0.25, 0.3) is 0 Å². The van der Waals surface area contributed by atoms with E-state index in [1.807, 2.05) is 4.83 Å². The lowest BCUT2D eigenvalue weighted by Crippen LogP contribution is -2.49. The first-order valence-electron chi connectivity index (χ1n) is 4.49. The average Bonchev–Trinajstić information content (AvgIpc) is 2.14. The van der Waals surface area contributed by atoms with Crippen molar-refractivity contribution in [2.24, 2.45) is 5.73 Å². The van der Waals surface area contributed by atoms with E-state index in [0.29, 0.717) is 0 Å². The maximum absolute atomic E-state index is 11.6. The highest BCUT2D eigenvalue weighted by Gasteiger charge is 2.32. The Morgan fingerprint density at radius 2 is 1.81 bits per heavy atom. The lowest BCUT2D eigenvalue weighted by molar-refractivity contribution is 0.539. The van der Waals surface area contributed by atoms with E-state index >= 15 is 0 Å². The molecule has 0 aliphatic carbocycles. The molecule has 0 aromatic heterocycles. The van der Waals surface area contributed by atoms with Gasteiger partial charge in [0.15, 0.2) is 5.11 Å². The van der Waals surface area contributed by atoms with Gasteiger partial charge >= 0.3 is 0 Å². The molecule has 4 N–H and O–H groups in total. The summed E-state index contributed by atoms with van der Waals surface area (Å²) in [5.41, 5.74) is 7.20. The second kappa shape index (κ2) is 4.82. The summed E-state index contributed by atoms with van der Waals surface area (Å²) >= 11 is 4.45. The maximum Gasteiger partial charge on any atom is 0.231 e. The van der Waals surface area contributed by atoms with Gasteiger partial charge in [-0.1, -0.05) is 0 Å². The zero-order chi connectivity index (χ0) is 12.4. The van der Waals surface area contributed by atoms with Gasteiger partial charge in [-0.25, -0.2) is 16.8 Å². The minimum Gasteiger partial charge on any atom is -0.375 e. The SMILES string of the molecule is NC(=S)NNS(=O)(=O)C1CCS(=O)(=O)CC1. The summed E-state index contributed by atoms with van der Waals surface area (Å²) in [5.74, 6) is -0.211. The van der Waals surface area contributed by atoms with Crippen molar-refractivity contribution < 1.29 is 16.8 Å². The monoisotopic (exact) mass is 287 g/mol. The molecule has 1 saturated heterocycles. The first kappa shape index (κ1) is 13.6. The largest absolute Gasteiger partial charge is 0.375 e. The Kier molecular flexibility index (Phi) is 4.10. The molecule has 0 aromatic rings. The van der Waals surface area contributed by atoms with Crippen molar-refractivity contribution in [3.63, 3.8) is 0 Å². The Labute approximate surface area is 99.7 Å². The Morgan fingerprint density at radius 1 is 1.31 bits per heavy atom. The molecule has 0 saturated carbocycles. The average molecular weight is 287 g/mol. The van der Waals surface area contributed by atoms with Gasteiger partial charge in [-0.2, -0.15) is 0 Å². The zero-order valence-corrected chi connectivity index (χ0v) is 10.8. The van der Waals surface area contributed by atoms with E-state index in [4.69, 9.17) is 5.73 Å². The van der Waals surface area contributed by atoms with Gasteiger partial charge in [0.05, 0.1) is 16.8 Å². The molecular formula is C6H13N3O4S3. The third-order valence-electron chi connectivity index (χ3n) is 2.26. The summed E-state index contributed by atoms with van der Waals surface area (Å²) < 4.78 is 45.5. The molecule has 94 valence electrons. The highest BCUT2D eigenvalue weighted by molar-refractivity contribution is 7.92. The summed E-state index contributed by atoms with van der Waals surface area (Å²) in [6.45, 7) is 0. The fraction of sp³-hybridized carbons (Fsp3) is 0.833. The van der Waals surface area contributed by atoms with Crippen LogP contribution in [0, 0.1) is 0 Å². The van der Waals surface area contributed by atoms with Crippen molar-refractivity contribution in [3.05, 3.63) is 0 Å². The molecule has 1 fully saturated rings. The van der Waals surface area contributed by atoms with Crippen molar-refractivity contribution >= 4 is 37.2 Å². The summed E-state index contributed by atoms with van der Waals surface area (Å²) in [7, 11) is -6.69. The Morgan fingerprint density at radius 3 is 2.25 bits per heavy atom. The van der Waals surface area contributed by atoms with Crippen LogP contribution in [0.15, 0.2) is 0 Å². The zero-order valence-electron chi connectivity index (χ0n) is 8.34. The molecule has 16 heavy (non-hydrogen) atoms.